The normalized spacial score (nSPS) is 17.7. The van der Waals surface area contributed by atoms with E-state index in [4.69, 9.17) is 9.15 Å². The van der Waals surface area contributed by atoms with Crippen molar-refractivity contribution in [2.75, 3.05) is 30.3 Å². The molecule has 0 radical (unpaired) electrons. The molecule has 3 amide bonds. The SMILES string of the molecule is O=C1Cc2cccc(Oc3cccc(CCCCCNCC4CCC(n5cc(NC(=O)c6coc(-c7ccnc(NCC8CC8)c7)n6)c(C(F)F)n5)CC4)c3)c2C(=O)N1. The van der Waals surface area contributed by atoms with Crippen molar-refractivity contribution in [2.24, 2.45) is 11.8 Å². The molecule has 59 heavy (non-hydrogen) atoms. The van der Waals surface area contributed by atoms with Crippen molar-refractivity contribution in [3.8, 4) is 23.0 Å². The monoisotopic (exact) mass is 806 g/mol. The van der Waals surface area contributed by atoms with E-state index in [1.807, 2.05) is 18.2 Å². The third-order valence-corrected chi connectivity index (χ3v) is 11.2. The number of aryl methyl sites for hydroxylation is 1. The Bertz CT molecular complexity index is 2280. The second kappa shape index (κ2) is 18.3. The topological polar surface area (TPSA) is 165 Å². The maximum Gasteiger partial charge on any atom is 0.284 e. The number of nitrogens with one attached hydrogen (secondary N) is 4. The fourth-order valence-corrected chi connectivity index (χ4v) is 7.82. The number of hydrogen-bond donors (Lipinski definition) is 4. The van der Waals surface area contributed by atoms with E-state index in [2.05, 4.69) is 42.4 Å². The van der Waals surface area contributed by atoms with Crippen molar-refractivity contribution in [2.45, 2.75) is 83.1 Å². The Labute approximate surface area is 340 Å². The number of pyridine rings is 1. The number of rotatable bonds is 18. The van der Waals surface area contributed by atoms with E-state index in [1.165, 1.54) is 25.3 Å². The highest BCUT2D eigenvalue weighted by molar-refractivity contribution is 6.11. The Morgan fingerprint density at radius 3 is 2.61 bits per heavy atom. The first-order valence-electron chi connectivity index (χ1n) is 20.5. The first-order chi connectivity index (χ1) is 28.8. The molecule has 0 unspecified atom stereocenters. The number of benzene rings is 2. The molecule has 2 fully saturated rings. The molecule has 13 nitrogen and oxygen atoms in total. The highest BCUT2D eigenvalue weighted by atomic mass is 19.3. The Morgan fingerprint density at radius 1 is 0.966 bits per heavy atom. The highest BCUT2D eigenvalue weighted by Crippen LogP contribution is 2.35. The molecule has 2 aromatic carbocycles. The average molecular weight is 807 g/mol. The summed E-state index contributed by atoms with van der Waals surface area (Å²) in [5.74, 6) is 1.77. The third-order valence-electron chi connectivity index (χ3n) is 11.2. The van der Waals surface area contributed by atoms with Gasteiger partial charge < -0.3 is 25.1 Å². The second-order valence-electron chi connectivity index (χ2n) is 15.7. The number of aromatic nitrogens is 4. The second-order valence-corrected chi connectivity index (χ2v) is 15.7. The van der Waals surface area contributed by atoms with Crippen LogP contribution >= 0.6 is 0 Å². The van der Waals surface area contributed by atoms with E-state index in [9.17, 15) is 23.2 Å². The Balaban J connectivity index is 0.747. The van der Waals surface area contributed by atoms with Crippen molar-refractivity contribution < 1.29 is 32.3 Å². The van der Waals surface area contributed by atoms with E-state index < -0.39 is 23.9 Å². The molecular formula is C44H48F2N8O5. The van der Waals surface area contributed by atoms with E-state index in [1.54, 1.807) is 41.2 Å². The maximum absolute atomic E-state index is 14.1. The van der Waals surface area contributed by atoms with Gasteiger partial charge in [-0.2, -0.15) is 5.10 Å². The van der Waals surface area contributed by atoms with Gasteiger partial charge in [0.25, 0.3) is 18.2 Å². The van der Waals surface area contributed by atoms with Crippen LogP contribution in [-0.2, 0) is 17.6 Å². The fraction of sp³-hybridized carbons (Fsp3) is 0.409. The summed E-state index contributed by atoms with van der Waals surface area (Å²) >= 11 is 0. The van der Waals surface area contributed by atoms with E-state index >= 15 is 0 Å². The first-order valence-corrected chi connectivity index (χ1v) is 20.5. The summed E-state index contributed by atoms with van der Waals surface area (Å²) in [5.41, 5.74) is 2.35. The number of nitrogens with zero attached hydrogens (tertiary/aromatic N) is 4. The number of imide groups is 1. The zero-order valence-corrected chi connectivity index (χ0v) is 32.7. The van der Waals surface area contributed by atoms with Crippen molar-refractivity contribution in [3.63, 3.8) is 0 Å². The molecule has 0 saturated heterocycles. The Kier molecular flexibility index (Phi) is 12.4. The number of unbranched alkanes of at least 4 members (excludes halogenated alkanes) is 2. The van der Waals surface area contributed by atoms with Crippen molar-refractivity contribution in [3.05, 3.63) is 101 Å². The van der Waals surface area contributed by atoms with Crippen LogP contribution in [0.5, 0.6) is 11.5 Å². The molecule has 5 aromatic rings. The minimum Gasteiger partial charge on any atom is -0.457 e. The van der Waals surface area contributed by atoms with Gasteiger partial charge in [-0.15, -0.1) is 0 Å². The van der Waals surface area contributed by atoms with Gasteiger partial charge in [-0.05, 0) is 124 Å². The summed E-state index contributed by atoms with van der Waals surface area (Å²) in [5, 5.41) is 16.1. The van der Waals surface area contributed by atoms with Crippen LogP contribution in [0.2, 0.25) is 0 Å². The zero-order chi connectivity index (χ0) is 40.7. The number of amides is 3. The molecule has 15 heteroatoms. The van der Waals surface area contributed by atoms with Crippen LogP contribution in [0.1, 0.15) is 108 Å². The van der Waals surface area contributed by atoms with Crippen molar-refractivity contribution >= 4 is 29.2 Å². The summed E-state index contributed by atoms with van der Waals surface area (Å²) in [6.45, 7) is 2.67. The summed E-state index contributed by atoms with van der Waals surface area (Å²) in [6, 6.07) is 16.7. The Hall–Kier alpha value is -5.96. The van der Waals surface area contributed by atoms with Gasteiger partial charge in [-0.1, -0.05) is 30.7 Å². The first kappa shape index (κ1) is 39.8. The molecule has 2 aliphatic carbocycles. The standard InChI is InChI=1S/C44H48F2N8O5/c45-41(46)40-34(50-42(56)35-26-58-44(51-35)31-17-19-48-37(21-31)49-24-29-11-12-29)25-54(53-40)32-15-13-28(14-16-32)23-47-18-3-1-2-6-27-7-4-9-33(20-27)59-36-10-5-8-30-22-38(55)52-43(57)39(30)36/h4-5,7-10,17,19-21,25-26,28-29,32,41,47H,1-3,6,11-16,18,22-24H2,(H,48,49)(H,50,56)(H,52,55,57). The lowest BCUT2D eigenvalue weighted by Gasteiger charge is -2.29. The largest absolute Gasteiger partial charge is 0.457 e. The van der Waals surface area contributed by atoms with Gasteiger partial charge in [-0.3, -0.25) is 24.4 Å². The maximum atomic E-state index is 14.1. The van der Waals surface area contributed by atoms with Crippen LogP contribution in [0, 0.1) is 11.8 Å². The highest BCUT2D eigenvalue weighted by Gasteiger charge is 2.29. The van der Waals surface area contributed by atoms with Gasteiger partial charge in [-0.25, -0.2) is 18.7 Å². The molecule has 0 bridgehead atoms. The summed E-state index contributed by atoms with van der Waals surface area (Å²) < 4.78 is 41.4. The number of ether oxygens (including phenoxy) is 1. The van der Waals surface area contributed by atoms with Gasteiger partial charge >= 0.3 is 0 Å². The summed E-state index contributed by atoms with van der Waals surface area (Å²) in [7, 11) is 0. The quantitative estimate of drug-likeness (QED) is 0.0500. The van der Waals surface area contributed by atoms with Crippen LogP contribution in [-0.4, -0.2) is 57.1 Å². The molecule has 4 N–H and O–H groups in total. The molecule has 308 valence electrons. The van der Waals surface area contributed by atoms with Crippen molar-refractivity contribution in [1.82, 2.24) is 30.4 Å². The summed E-state index contributed by atoms with van der Waals surface area (Å²) in [6.07, 6.45) is 11.6. The number of hydrogen-bond acceptors (Lipinski definition) is 10. The van der Waals surface area contributed by atoms with Crippen LogP contribution < -0.4 is 26.0 Å². The van der Waals surface area contributed by atoms with Gasteiger partial charge in [0, 0.05) is 24.5 Å². The number of oxazole rings is 1. The number of carbonyl (C=O) groups is 3. The number of halogens is 2. The molecule has 0 spiro atoms. The molecule has 0 atom stereocenters. The van der Waals surface area contributed by atoms with E-state index in [0.29, 0.717) is 45.8 Å². The fourth-order valence-electron chi connectivity index (χ4n) is 7.82. The molecule has 2 saturated carbocycles. The van der Waals surface area contributed by atoms with Gasteiger partial charge in [0.2, 0.25) is 11.8 Å². The summed E-state index contributed by atoms with van der Waals surface area (Å²) in [4.78, 5) is 46.0. The minimum atomic E-state index is -2.86. The average Bonchev–Trinajstić information content (AvgIpc) is 3.75. The smallest absolute Gasteiger partial charge is 0.284 e. The van der Waals surface area contributed by atoms with E-state index in [-0.39, 0.29) is 35.6 Å². The van der Waals surface area contributed by atoms with Crippen LogP contribution in [0.15, 0.2) is 77.7 Å². The van der Waals surface area contributed by atoms with Crippen LogP contribution in [0.4, 0.5) is 20.3 Å². The molecular weight excluding hydrogens is 759 g/mol. The lowest BCUT2D eigenvalue weighted by molar-refractivity contribution is -0.119. The van der Waals surface area contributed by atoms with Gasteiger partial charge in [0.05, 0.1) is 23.7 Å². The lowest BCUT2D eigenvalue weighted by atomic mass is 9.86. The Morgan fingerprint density at radius 2 is 1.78 bits per heavy atom. The number of carbonyl (C=O) groups excluding carboxylic acids is 3. The van der Waals surface area contributed by atoms with Crippen molar-refractivity contribution in [1.29, 1.82) is 0 Å². The zero-order valence-electron chi connectivity index (χ0n) is 32.7. The minimum absolute atomic E-state index is 0.0252. The number of alkyl halides is 2. The lowest BCUT2D eigenvalue weighted by Crippen LogP contribution is -2.37. The number of anilines is 2. The predicted molar refractivity (Wildman–Crippen MR) is 217 cm³/mol. The molecule has 1 aliphatic heterocycles. The molecule has 3 aromatic heterocycles. The number of fused-ring (bicyclic) bond motifs is 1. The molecule has 4 heterocycles. The molecule has 8 rings (SSSR count). The van der Waals surface area contributed by atoms with Crippen LogP contribution in [0.25, 0.3) is 11.5 Å². The third kappa shape index (κ3) is 10.2. The molecule has 3 aliphatic rings. The van der Waals surface area contributed by atoms with Gasteiger partial charge in [0.15, 0.2) is 11.4 Å². The van der Waals surface area contributed by atoms with Crippen LogP contribution in [0.3, 0.4) is 0 Å². The van der Waals surface area contributed by atoms with E-state index in [0.717, 1.165) is 76.6 Å². The predicted octanol–water partition coefficient (Wildman–Crippen LogP) is 8.28. The van der Waals surface area contributed by atoms with Gasteiger partial charge in [0.1, 0.15) is 23.6 Å².